The Kier molecular flexibility index (Phi) is 2.36. The smallest absolute Gasteiger partial charge is 0.285 e. The summed E-state index contributed by atoms with van der Waals surface area (Å²) in [5.41, 5.74) is 3.87. The van der Waals surface area contributed by atoms with Crippen LogP contribution in [-0.4, -0.2) is 10.9 Å². The summed E-state index contributed by atoms with van der Waals surface area (Å²) in [5, 5.41) is 0. The number of rotatable bonds is 1. The van der Waals surface area contributed by atoms with Crippen LogP contribution < -0.4 is 11.3 Å². The Morgan fingerprint density at radius 1 is 1.90 bits per heavy atom. The highest BCUT2D eigenvalue weighted by Crippen LogP contribution is 2.19. The van der Waals surface area contributed by atoms with E-state index in [9.17, 15) is 4.79 Å². The third-order valence-corrected chi connectivity index (χ3v) is 2.42. The van der Waals surface area contributed by atoms with Gasteiger partial charge in [0.15, 0.2) is 5.69 Å². The molecule has 0 atom stereocenters. The van der Waals surface area contributed by atoms with Crippen molar-refractivity contribution >= 4 is 33.2 Å². The number of hydrogen-bond acceptors (Lipinski definition) is 4. The van der Waals surface area contributed by atoms with Crippen molar-refractivity contribution in [2.45, 2.75) is 0 Å². The van der Waals surface area contributed by atoms with Crippen LogP contribution in [0.4, 0.5) is 0 Å². The third-order valence-electron chi connectivity index (χ3n) is 0.870. The lowest BCUT2D eigenvalue weighted by Crippen LogP contribution is -2.30. The first-order chi connectivity index (χ1) is 4.75. The molecule has 6 heteroatoms. The zero-order chi connectivity index (χ0) is 7.56. The van der Waals surface area contributed by atoms with Gasteiger partial charge < -0.3 is 0 Å². The zero-order valence-corrected chi connectivity index (χ0v) is 7.20. The number of nitrogens with one attached hydrogen (secondary N) is 1. The van der Waals surface area contributed by atoms with Crippen LogP contribution in [0.2, 0.25) is 0 Å². The van der Waals surface area contributed by atoms with Gasteiger partial charge in [-0.1, -0.05) is 0 Å². The summed E-state index contributed by atoms with van der Waals surface area (Å²) < 4.78 is 0.690. The number of nitrogens with two attached hydrogens (primary N) is 1. The number of carbonyl (C=O) groups excluding carboxylic acids is 1. The number of nitrogen functional groups attached to an aromatic ring is 1. The normalized spacial score (nSPS) is 9.40. The Morgan fingerprint density at radius 2 is 2.60 bits per heavy atom. The van der Waals surface area contributed by atoms with Gasteiger partial charge in [0.1, 0.15) is 3.79 Å². The zero-order valence-electron chi connectivity index (χ0n) is 4.80. The molecular formula is C4H4BrN3OS. The first-order valence-electron chi connectivity index (χ1n) is 2.35. The fourth-order valence-corrected chi connectivity index (χ4v) is 1.49. The van der Waals surface area contributed by atoms with Crippen molar-refractivity contribution in [1.29, 1.82) is 0 Å². The summed E-state index contributed by atoms with van der Waals surface area (Å²) in [6, 6.07) is 0. The molecule has 1 heterocycles. The first-order valence-corrected chi connectivity index (χ1v) is 4.03. The quantitative estimate of drug-likeness (QED) is 0.413. The van der Waals surface area contributed by atoms with Crippen LogP contribution >= 0.6 is 27.3 Å². The van der Waals surface area contributed by atoms with Crippen LogP contribution in [-0.2, 0) is 0 Å². The molecule has 0 bridgehead atoms. The van der Waals surface area contributed by atoms with Gasteiger partial charge in [0, 0.05) is 0 Å². The summed E-state index contributed by atoms with van der Waals surface area (Å²) >= 11 is 4.48. The Bertz CT molecular complexity index is 248. The molecule has 0 aromatic carbocycles. The molecule has 0 aliphatic heterocycles. The van der Waals surface area contributed by atoms with Crippen molar-refractivity contribution in [1.82, 2.24) is 10.4 Å². The molecule has 54 valence electrons. The molecule has 0 fully saturated rings. The van der Waals surface area contributed by atoms with Gasteiger partial charge in [0.2, 0.25) is 0 Å². The maximum atomic E-state index is 10.8. The van der Waals surface area contributed by atoms with E-state index in [1.165, 1.54) is 11.3 Å². The second-order valence-electron chi connectivity index (χ2n) is 1.45. The van der Waals surface area contributed by atoms with Gasteiger partial charge in [0.05, 0.1) is 5.51 Å². The van der Waals surface area contributed by atoms with Crippen LogP contribution in [0.25, 0.3) is 0 Å². The van der Waals surface area contributed by atoms with Gasteiger partial charge in [-0.05, 0) is 15.9 Å². The number of thiazole rings is 1. The van der Waals surface area contributed by atoms with Crippen LogP contribution in [0.5, 0.6) is 0 Å². The standard InChI is InChI=1S/C4H4BrN3OS/c5-3-2(4(9)8-6)7-1-10-3/h1H,6H2,(H,8,9). The maximum absolute atomic E-state index is 10.8. The molecule has 1 rings (SSSR count). The monoisotopic (exact) mass is 221 g/mol. The Morgan fingerprint density at radius 3 is 3.00 bits per heavy atom. The molecule has 4 nitrogen and oxygen atoms in total. The van der Waals surface area contributed by atoms with Crippen molar-refractivity contribution in [3.8, 4) is 0 Å². The minimum absolute atomic E-state index is 0.326. The topological polar surface area (TPSA) is 68.0 Å². The van der Waals surface area contributed by atoms with Gasteiger partial charge in [-0.25, -0.2) is 10.8 Å². The highest BCUT2D eigenvalue weighted by Gasteiger charge is 2.10. The van der Waals surface area contributed by atoms with Crippen molar-refractivity contribution in [3.05, 3.63) is 15.0 Å². The van der Waals surface area contributed by atoms with Gasteiger partial charge >= 0.3 is 0 Å². The minimum atomic E-state index is -0.381. The molecule has 1 amide bonds. The second-order valence-corrected chi connectivity index (χ2v) is 3.62. The lowest BCUT2D eigenvalue weighted by molar-refractivity contribution is 0.0948. The van der Waals surface area contributed by atoms with E-state index in [0.717, 1.165) is 0 Å². The first kappa shape index (κ1) is 7.64. The van der Waals surface area contributed by atoms with Crippen LogP contribution in [0.3, 0.4) is 0 Å². The van der Waals surface area contributed by atoms with Crippen molar-refractivity contribution < 1.29 is 4.79 Å². The largest absolute Gasteiger partial charge is 0.289 e. The van der Waals surface area contributed by atoms with Crippen molar-refractivity contribution in [2.24, 2.45) is 5.84 Å². The number of hydrazine groups is 1. The molecule has 10 heavy (non-hydrogen) atoms. The highest BCUT2D eigenvalue weighted by atomic mass is 79.9. The van der Waals surface area contributed by atoms with Gasteiger partial charge in [0.25, 0.3) is 5.91 Å². The average molecular weight is 222 g/mol. The number of hydrogen-bond donors (Lipinski definition) is 2. The van der Waals surface area contributed by atoms with Gasteiger partial charge in [-0.2, -0.15) is 0 Å². The molecular weight excluding hydrogens is 218 g/mol. The minimum Gasteiger partial charge on any atom is -0.289 e. The van der Waals surface area contributed by atoms with E-state index in [1.54, 1.807) is 5.51 Å². The molecule has 0 aliphatic rings. The summed E-state index contributed by atoms with van der Waals surface area (Å²) in [5.74, 6) is 4.50. The molecule has 1 aromatic heterocycles. The van der Waals surface area contributed by atoms with E-state index in [0.29, 0.717) is 9.48 Å². The lowest BCUT2D eigenvalue weighted by atomic mass is 10.5. The number of carbonyl (C=O) groups is 1. The number of halogens is 1. The van der Waals surface area contributed by atoms with Gasteiger partial charge in [-0.15, -0.1) is 11.3 Å². The lowest BCUT2D eigenvalue weighted by Gasteiger charge is -1.92. The van der Waals surface area contributed by atoms with E-state index in [1.807, 2.05) is 5.43 Å². The van der Waals surface area contributed by atoms with E-state index in [-0.39, 0.29) is 5.91 Å². The SMILES string of the molecule is NNC(=O)c1ncsc1Br. The van der Waals surface area contributed by atoms with Crippen LogP contribution in [0.15, 0.2) is 9.30 Å². The van der Waals surface area contributed by atoms with Crippen LogP contribution in [0.1, 0.15) is 10.5 Å². The molecule has 1 aromatic rings. The molecule has 0 aliphatic carbocycles. The summed E-state index contributed by atoms with van der Waals surface area (Å²) in [4.78, 5) is 14.5. The fourth-order valence-electron chi connectivity index (χ4n) is 0.448. The second kappa shape index (κ2) is 3.09. The predicted octanol–water partition coefficient (Wildman–Crippen LogP) is 0.509. The summed E-state index contributed by atoms with van der Waals surface area (Å²) in [6.45, 7) is 0. The van der Waals surface area contributed by atoms with E-state index in [2.05, 4.69) is 20.9 Å². The molecule has 0 unspecified atom stereocenters. The number of nitrogens with zero attached hydrogens (tertiary/aromatic N) is 1. The van der Waals surface area contributed by atoms with Crippen LogP contribution in [0, 0.1) is 0 Å². The maximum Gasteiger partial charge on any atom is 0.285 e. The van der Waals surface area contributed by atoms with Gasteiger partial charge in [-0.3, -0.25) is 10.2 Å². The summed E-state index contributed by atoms with van der Waals surface area (Å²) in [6.07, 6.45) is 0. The molecule has 0 radical (unpaired) electrons. The van der Waals surface area contributed by atoms with E-state index in [4.69, 9.17) is 5.84 Å². The molecule has 0 saturated carbocycles. The predicted molar refractivity (Wildman–Crippen MR) is 41.5 cm³/mol. The molecule has 3 N–H and O–H groups in total. The molecule has 0 saturated heterocycles. The third kappa shape index (κ3) is 1.34. The van der Waals surface area contributed by atoms with E-state index < -0.39 is 0 Å². The number of amides is 1. The van der Waals surface area contributed by atoms with E-state index >= 15 is 0 Å². The van der Waals surface area contributed by atoms with Crippen molar-refractivity contribution in [3.63, 3.8) is 0 Å². The average Bonchev–Trinajstić information content (AvgIpc) is 2.34. The fraction of sp³-hybridized carbons (Fsp3) is 0. The summed E-state index contributed by atoms with van der Waals surface area (Å²) in [7, 11) is 0. The Labute approximate surface area is 69.5 Å². The number of aromatic nitrogens is 1. The Balaban J connectivity index is 2.93. The Hall–Kier alpha value is -0.460. The highest BCUT2D eigenvalue weighted by molar-refractivity contribution is 9.11. The molecule has 0 spiro atoms. The van der Waals surface area contributed by atoms with Crippen molar-refractivity contribution in [2.75, 3.05) is 0 Å².